The van der Waals surface area contributed by atoms with Crippen LogP contribution in [0, 0.1) is 0 Å². The zero-order chi connectivity index (χ0) is 9.52. The highest BCUT2D eigenvalue weighted by Gasteiger charge is 2.02. The summed E-state index contributed by atoms with van der Waals surface area (Å²) in [7, 11) is 0. The fourth-order valence-corrected chi connectivity index (χ4v) is 1.37. The molecule has 74 valence electrons. The first-order valence-electron chi connectivity index (χ1n) is 5.04. The molecule has 0 aliphatic heterocycles. The van der Waals surface area contributed by atoms with Crippen molar-refractivity contribution in [3.05, 3.63) is 18.5 Å². The third kappa shape index (κ3) is 3.59. The van der Waals surface area contributed by atoms with Crippen LogP contribution in [0.1, 0.15) is 32.7 Å². The van der Waals surface area contributed by atoms with Gasteiger partial charge in [0.25, 0.3) is 0 Å². The van der Waals surface area contributed by atoms with E-state index in [1.807, 2.05) is 23.1 Å². The summed E-state index contributed by atoms with van der Waals surface area (Å²) >= 11 is 0. The summed E-state index contributed by atoms with van der Waals surface area (Å²) in [5.41, 5.74) is 0. The molecule has 1 unspecified atom stereocenters. The van der Waals surface area contributed by atoms with Gasteiger partial charge in [0, 0.05) is 18.4 Å². The quantitative estimate of drug-likeness (QED) is 0.679. The van der Waals surface area contributed by atoms with Gasteiger partial charge in [-0.15, -0.1) is 0 Å². The van der Waals surface area contributed by atoms with Gasteiger partial charge in [0.1, 0.15) is 0 Å². The summed E-state index contributed by atoms with van der Waals surface area (Å²) in [6.45, 7) is 6.52. The van der Waals surface area contributed by atoms with Crippen LogP contribution < -0.4 is 5.32 Å². The first-order valence-corrected chi connectivity index (χ1v) is 5.04. The molecule has 0 aliphatic carbocycles. The highest BCUT2D eigenvalue weighted by molar-refractivity contribution is 4.80. The van der Waals surface area contributed by atoms with E-state index in [1.165, 1.54) is 12.8 Å². The van der Waals surface area contributed by atoms with Crippen molar-refractivity contribution in [1.29, 1.82) is 0 Å². The largest absolute Gasteiger partial charge is 0.317 e. The van der Waals surface area contributed by atoms with Crippen molar-refractivity contribution < 1.29 is 0 Å². The maximum atomic E-state index is 4.21. The summed E-state index contributed by atoms with van der Waals surface area (Å²) in [6.07, 6.45) is 6.27. The third-order valence-electron chi connectivity index (χ3n) is 2.20. The number of hydrogen-bond acceptors (Lipinski definition) is 2. The zero-order valence-corrected chi connectivity index (χ0v) is 8.53. The highest BCUT2D eigenvalue weighted by Crippen LogP contribution is 2.10. The molecule has 0 saturated carbocycles. The highest BCUT2D eigenvalue weighted by atomic mass is 15.3. The molecule has 0 spiro atoms. The number of rotatable bonds is 6. The van der Waals surface area contributed by atoms with E-state index >= 15 is 0 Å². The van der Waals surface area contributed by atoms with Gasteiger partial charge in [0.05, 0.1) is 0 Å². The van der Waals surface area contributed by atoms with Crippen LogP contribution in [-0.4, -0.2) is 22.9 Å². The van der Waals surface area contributed by atoms with E-state index in [-0.39, 0.29) is 0 Å². The summed E-state index contributed by atoms with van der Waals surface area (Å²) in [5.74, 6) is 0. The molecular formula is C10H19N3. The Balaban J connectivity index is 2.15. The van der Waals surface area contributed by atoms with Gasteiger partial charge in [-0.05, 0) is 38.9 Å². The van der Waals surface area contributed by atoms with Crippen molar-refractivity contribution in [2.24, 2.45) is 0 Å². The van der Waals surface area contributed by atoms with Crippen LogP contribution in [0.25, 0.3) is 0 Å². The van der Waals surface area contributed by atoms with E-state index in [0.29, 0.717) is 6.04 Å². The summed E-state index contributed by atoms with van der Waals surface area (Å²) in [5, 5.41) is 7.53. The van der Waals surface area contributed by atoms with E-state index < -0.39 is 0 Å². The van der Waals surface area contributed by atoms with E-state index in [0.717, 1.165) is 13.1 Å². The molecule has 0 aliphatic rings. The van der Waals surface area contributed by atoms with Gasteiger partial charge in [-0.2, -0.15) is 5.10 Å². The van der Waals surface area contributed by atoms with E-state index in [9.17, 15) is 0 Å². The number of aromatic nitrogens is 2. The maximum absolute atomic E-state index is 4.21. The molecule has 1 N–H and O–H groups in total. The Labute approximate surface area is 80.1 Å². The molecule has 3 heteroatoms. The molecule has 1 heterocycles. The minimum atomic E-state index is 0.522. The Morgan fingerprint density at radius 1 is 1.54 bits per heavy atom. The first-order chi connectivity index (χ1) is 6.34. The van der Waals surface area contributed by atoms with Gasteiger partial charge in [0.15, 0.2) is 0 Å². The molecule has 1 rings (SSSR count). The van der Waals surface area contributed by atoms with E-state index in [2.05, 4.69) is 24.3 Å². The SMILES string of the molecule is CCNCCCC(C)n1cccn1. The molecular weight excluding hydrogens is 162 g/mol. The minimum Gasteiger partial charge on any atom is -0.317 e. The predicted octanol–water partition coefficient (Wildman–Crippen LogP) is 1.83. The number of hydrogen-bond donors (Lipinski definition) is 1. The second kappa shape index (κ2) is 5.75. The van der Waals surface area contributed by atoms with Crippen LogP contribution in [0.5, 0.6) is 0 Å². The van der Waals surface area contributed by atoms with Crippen molar-refractivity contribution in [2.75, 3.05) is 13.1 Å². The molecule has 1 atom stereocenters. The topological polar surface area (TPSA) is 29.9 Å². The predicted molar refractivity (Wildman–Crippen MR) is 54.7 cm³/mol. The monoisotopic (exact) mass is 181 g/mol. The smallest absolute Gasteiger partial charge is 0.0491 e. The average molecular weight is 181 g/mol. The second-order valence-corrected chi connectivity index (χ2v) is 3.33. The second-order valence-electron chi connectivity index (χ2n) is 3.33. The Morgan fingerprint density at radius 2 is 2.38 bits per heavy atom. The van der Waals surface area contributed by atoms with Crippen molar-refractivity contribution in [3.63, 3.8) is 0 Å². The van der Waals surface area contributed by atoms with Crippen molar-refractivity contribution in [1.82, 2.24) is 15.1 Å². The van der Waals surface area contributed by atoms with Gasteiger partial charge in [-0.3, -0.25) is 4.68 Å². The molecule has 0 amide bonds. The Bertz CT molecular complexity index is 206. The Hall–Kier alpha value is -0.830. The number of nitrogens with one attached hydrogen (secondary N) is 1. The standard InChI is InChI=1S/C10H19N3/c1-3-11-7-4-6-10(2)13-9-5-8-12-13/h5,8-11H,3-4,6-7H2,1-2H3. The van der Waals surface area contributed by atoms with Crippen molar-refractivity contribution >= 4 is 0 Å². The van der Waals surface area contributed by atoms with Crippen molar-refractivity contribution in [2.45, 2.75) is 32.7 Å². The summed E-state index contributed by atoms with van der Waals surface area (Å²) < 4.78 is 2.02. The molecule has 3 nitrogen and oxygen atoms in total. The molecule has 1 aromatic rings. The molecule has 0 bridgehead atoms. The minimum absolute atomic E-state index is 0.522. The Morgan fingerprint density at radius 3 is 3.00 bits per heavy atom. The van der Waals surface area contributed by atoms with E-state index in [4.69, 9.17) is 0 Å². The van der Waals surface area contributed by atoms with Gasteiger partial charge >= 0.3 is 0 Å². The van der Waals surface area contributed by atoms with Crippen molar-refractivity contribution in [3.8, 4) is 0 Å². The van der Waals surface area contributed by atoms with Gasteiger partial charge in [0.2, 0.25) is 0 Å². The summed E-state index contributed by atoms with van der Waals surface area (Å²) in [6, 6.07) is 2.49. The lowest BCUT2D eigenvalue weighted by atomic mass is 10.2. The summed E-state index contributed by atoms with van der Waals surface area (Å²) in [4.78, 5) is 0. The van der Waals surface area contributed by atoms with Crippen LogP contribution in [-0.2, 0) is 0 Å². The molecule has 13 heavy (non-hydrogen) atoms. The zero-order valence-electron chi connectivity index (χ0n) is 8.53. The van der Waals surface area contributed by atoms with Gasteiger partial charge in [-0.1, -0.05) is 6.92 Å². The van der Waals surface area contributed by atoms with Gasteiger partial charge in [-0.25, -0.2) is 0 Å². The lowest BCUT2D eigenvalue weighted by Crippen LogP contribution is -2.15. The molecule has 1 aromatic heterocycles. The van der Waals surface area contributed by atoms with Crippen LogP contribution in [0.4, 0.5) is 0 Å². The number of nitrogens with zero attached hydrogens (tertiary/aromatic N) is 2. The van der Waals surface area contributed by atoms with Crippen LogP contribution in [0.2, 0.25) is 0 Å². The molecule has 0 fully saturated rings. The van der Waals surface area contributed by atoms with Crippen LogP contribution >= 0.6 is 0 Å². The molecule has 0 saturated heterocycles. The van der Waals surface area contributed by atoms with Crippen LogP contribution in [0.3, 0.4) is 0 Å². The fourth-order valence-electron chi connectivity index (χ4n) is 1.37. The normalized spacial score (nSPS) is 13.1. The lowest BCUT2D eigenvalue weighted by molar-refractivity contribution is 0.440. The van der Waals surface area contributed by atoms with E-state index in [1.54, 1.807) is 0 Å². The van der Waals surface area contributed by atoms with Gasteiger partial charge < -0.3 is 5.32 Å². The fraction of sp³-hybridized carbons (Fsp3) is 0.700. The van der Waals surface area contributed by atoms with Crippen LogP contribution in [0.15, 0.2) is 18.5 Å². The third-order valence-corrected chi connectivity index (χ3v) is 2.20. The molecule has 0 aromatic carbocycles. The Kier molecular flexibility index (Phi) is 4.54. The lowest BCUT2D eigenvalue weighted by Gasteiger charge is -2.11. The average Bonchev–Trinajstić information content (AvgIpc) is 2.65. The first kappa shape index (κ1) is 10.3. The maximum Gasteiger partial charge on any atom is 0.0491 e. The molecule has 0 radical (unpaired) electrons.